The van der Waals surface area contributed by atoms with E-state index in [2.05, 4.69) is 20.9 Å². The molecule has 76 valence electrons. The lowest BCUT2D eigenvalue weighted by Gasteiger charge is -2.05. The number of hydrogen-bond donors (Lipinski definition) is 0. The summed E-state index contributed by atoms with van der Waals surface area (Å²) in [7, 11) is 0. The van der Waals surface area contributed by atoms with E-state index in [-0.39, 0.29) is 4.60 Å². The van der Waals surface area contributed by atoms with Gasteiger partial charge in [0.2, 0.25) is 0 Å². The summed E-state index contributed by atoms with van der Waals surface area (Å²) < 4.78 is 37.4. The summed E-state index contributed by atoms with van der Waals surface area (Å²) in [5, 5.41) is -1.16. The van der Waals surface area contributed by atoms with Crippen LogP contribution in [0, 0.1) is 5.82 Å². The fourth-order valence-corrected chi connectivity index (χ4v) is 1.39. The average molecular weight is 288 g/mol. The minimum absolute atomic E-state index is 0.341. The quantitative estimate of drug-likeness (QED) is 0.617. The van der Waals surface area contributed by atoms with E-state index in [9.17, 15) is 18.0 Å². The Kier molecular flexibility index (Phi) is 3.49. The number of rotatable bonds is 2. The van der Waals surface area contributed by atoms with Crippen molar-refractivity contribution >= 4 is 32.8 Å². The third kappa shape index (κ3) is 2.06. The maximum atomic E-state index is 13.2. The minimum Gasteiger partial charge on any atom is -0.275 e. The van der Waals surface area contributed by atoms with Crippen molar-refractivity contribution in [3.63, 3.8) is 0 Å². The summed E-state index contributed by atoms with van der Waals surface area (Å²) in [6, 6.07) is 0. The second-order valence-electron chi connectivity index (χ2n) is 2.26. The number of alkyl halides is 2. The largest absolute Gasteiger partial charge is 0.275 e. The lowest BCUT2D eigenvalue weighted by molar-refractivity contribution is 0.107. The number of nitrogens with zero attached hydrogens (tertiary/aromatic N) is 1. The number of hydrogen-bond acceptors (Lipinski definition) is 2. The van der Waals surface area contributed by atoms with E-state index in [1.807, 2.05) is 0 Å². The van der Waals surface area contributed by atoms with Crippen LogP contribution in [0.4, 0.5) is 13.2 Å². The number of aromatic nitrogens is 1. The molecule has 2 nitrogen and oxygen atoms in total. The molecular formula is C7H2BrClF3NO. The minimum atomic E-state index is -3.06. The Balaban J connectivity index is 3.41. The van der Waals surface area contributed by atoms with Gasteiger partial charge < -0.3 is 0 Å². The lowest BCUT2D eigenvalue weighted by atomic mass is 10.2. The maximum Gasteiger partial charge on any atom is 0.269 e. The van der Waals surface area contributed by atoms with Crippen LogP contribution in [0.5, 0.6) is 0 Å². The summed E-state index contributed by atoms with van der Waals surface area (Å²) in [6.45, 7) is 0. The summed E-state index contributed by atoms with van der Waals surface area (Å²) >= 11 is 7.60. The van der Waals surface area contributed by atoms with Crippen LogP contribution in [0.25, 0.3) is 0 Å². The molecule has 0 spiro atoms. The Morgan fingerprint density at radius 2 is 2.14 bits per heavy atom. The van der Waals surface area contributed by atoms with Gasteiger partial charge in [-0.3, -0.25) is 4.79 Å². The third-order valence-electron chi connectivity index (χ3n) is 1.43. The normalized spacial score (nSPS) is 10.7. The van der Waals surface area contributed by atoms with Crippen LogP contribution in [0.3, 0.4) is 0 Å². The highest BCUT2D eigenvalue weighted by Gasteiger charge is 2.23. The smallest absolute Gasteiger partial charge is 0.269 e. The van der Waals surface area contributed by atoms with Crippen molar-refractivity contribution in [3.05, 3.63) is 27.7 Å². The van der Waals surface area contributed by atoms with Gasteiger partial charge in [0.15, 0.2) is 0 Å². The second-order valence-corrected chi connectivity index (χ2v) is 3.36. The number of carbonyl (C=O) groups excluding carboxylic acids is 1. The van der Waals surface area contributed by atoms with Gasteiger partial charge in [-0.25, -0.2) is 18.2 Å². The predicted molar refractivity (Wildman–Crippen MR) is 47.0 cm³/mol. The zero-order valence-corrected chi connectivity index (χ0v) is 8.74. The van der Waals surface area contributed by atoms with Crippen molar-refractivity contribution in [2.24, 2.45) is 0 Å². The Labute approximate surface area is 90.2 Å². The molecule has 0 bridgehead atoms. The van der Waals surface area contributed by atoms with Crippen LogP contribution in [0.1, 0.15) is 22.3 Å². The standard InChI is InChI=1S/C7H2BrClF3NO/c8-5-3(7(11)12)4(10)2(1-13-5)6(9)14/h1,7H. The van der Waals surface area contributed by atoms with Gasteiger partial charge in [-0.1, -0.05) is 0 Å². The molecule has 0 N–H and O–H groups in total. The zero-order valence-electron chi connectivity index (χ0n) is 6.40. The topological polar surface area (TPSA) is 30.0 Å². The van der Waals surface area contributed by atoms with Gasteiger partial charge in [0, 0.05) is 6.20 Å². The van der Waals surface area contributed by atoms with Crippen LogP contribution in [0.2, 0.25) is 0 Å². The average Bonchev–Trinajstić information content (AvgIpc) is 2.02. The van der Waals surface area contributed by atoms with E-state index in [1.54, 1.807) is 0 Å². The third-order valence-corrected chi connectivity index (χ3v) is 2.27. The summed E-state index contributed by atoms with van der Waals surface area (Å²) in [6.07, 6.45) is -2.27. The van der Waals surface area contributed by atoms with Gasteiger partial charge in [0.25, 0.3) is 11.7 Å². The molecule has 0 atom stereocenters. The first-order valence-electron chi connectivity index (χ1n) is 3.27. The van der Waals surface area contributed by atoms with E-state index in [4.69, 9.17) is 11.6 Å². The summed E-state index contributed by atoms with van der Waals surface area (Å²) in [5.41, 5.74) is -1.62. The van der Waals surface area contributed by atoms with Crippen molar-refractivity contribution in [1.82, 2.24) is 4.98 Å². The first-order chi connectivity index (χ1) is 6.45. The molecule has 1 rings (SSSR count). The zero-order chi connectivity index (χ0) is 10.9. The lowest BCUT2D eigenvalue weighted by Crippen LogP contribution is -2.03. The van der Waals surface area contributed by atoms with Gasteiger partial charge in [-0.2, -0.15) is 0 Å². The highest BCUT2D eigenvalue weighted by atomic mass is 79.9. The molecule has 14 heavy (non-hydrogen) atoms. The highest BCUT2D eigenvalue weighted by Crippen LogP contribution is 2.30. The van der Waals surface area contributed by atoms with Crippen molar-refractivity contribution in [2.45, 2.75) is 6.43 Å². The monoisotopic (exact) mass is 287 g/mol. The van der Waals surface area contributed by atoms with E-state index < -0.39 is 28.6 Å². The molecule has 0 aliphatic heterocycles. The molecule has 0 fully saturated rings. The Bertz CT molecular complexity index is 385. The molecule has 1 aromatic heterocycles. The molecule has 0 aliphatic carbocycles. The molecule has 1 aromatic rings. The first kappa shape index (κ1) is 11.5. The Morgan fingerprint density at radius 3 is 2.57 bits per heavy atom. The maximum absolute atomic E-state index is 13.2. The summed E-state index contributed by atoms with van der Waals surface area (Å²) in [4.78, 5) is 14.0. The molecule has 1 heterocycles. The highest BCUT2D eigenvalue weighted by molar-refractivity contribution is 9.10. The molecular weight excluding hydrogens is 286 g/mol. The Hall–Kier alpha value is -0.620. The van der Waals surface area contributed by atoms with Crippen molar-refractivity contribution in [1.29, 1.82) is 0 Å². The molecule has 0 aromatic carbocycles. The molecule has 0 unspecified atom stereocenters. The Morgan fingerprint density at radius 1 is 1.57 bits per heavy atom. The second kappa shape index (κ2) is 4.27. The van der Waals surface area contributed by atoms with Crippen molar-refractivity contribution < 1.29 is 18.0 Å². The van der Waals surface area contributed by atoms with Crippen LogP contribution in [-0.4, -0.2) is 10.2 Å². The van der Waals surface area contributed by atoms with Crippen LogP contribution in [0.15, 0.2) is 10.8 Å². The van der Waals surface area contributed by atoms with Crippen LogP contribution < -0.4 is 0 Å². The van der Waals surface area contributed by atoms with Gasteiger partial charge in [0.05, 0.1) is 11.1 Å². The van der Waals surface area contributed by atoms with Gasteiger partial charge in [0.1, 0.15) is 10.4 Å². The SMILES string of the molecule is O=C(Cl)c1cnc(Br)c(C(F)F)c1F. The van der Waals surface area contributed by atoms with E-state index in [1.165, 1.54) is 0 Å². The number of pyridine rings is 1. The predicted octanol–water partition coefficient (Wildman–Crippen LogP) is 3.30. The molecule has 0 amide bonds. The molecule has 0 radical (unpaired) electrons. The molecule has 0 aliphatic rings. The van der Waals surface area contributed by atoms with Gasteiger partial charge in [-0.05, 0) is 27.5 Å². The first-order valence-corrected chi connectivity index (χ1v) is 4.44. The van der Waals surface area contributed by atoms with Gasteiger partial charge in [-0.15, -0.1) is 0 Å². The van der Waals surface area contributed by atoms with Gasteiger partial charge >= 0.3 is 0 Å². The molecule has 7 heteroatoms. The fourth-order valence-electron chi connectivity index (χ4n) is 0.806. The van der Waals surface area contributed by atoms with Crippen molar-refractivity contribution in [3.8, 4) is 0 Å². The van der Waals surface area contributed by atoms with Crippen LogP contribution in [-0.2, 0) is 0 Å². The van der Waals surface area contributed by atoms with E-state index >= 15 is 0 Å². The fraction of sp³-hybridized carbons (Fsp3) is 0.143. The molecule has 0 saturated carbocycles. The van der Waals surface area contributed by atoms with E-state index in [0.717, 1.165) is 6.20 Å². The molecule has 0 saturated heterocycles. The van der Waals surface area contributed by atoms with Crippen molar-refractivity contribution in [2.75, 3.05) is 0 Å². The number of halogens is 5. The van der Waals surface area contributed by atoms with Crippen LogP contribution >= 0.6 is 27.5 Å². The summed E-state index contributed by atoms with van der Waals surface area (Å²) in [5.74, 6) is -1.35. The number of carbonyl (C=O) groups is 1. The van der Waals surface area contributed by atoms with E-state index in [0.29, 0.717) is 0 Å².